The van der Waals surface area contributed by atoms with Gasteiger partial charge in [-0.1, -0.05) is 6.07 Å². The molecule has 2 aromatic carbocycles. The Morgan fingerprint density at radius 2 is 1.97 bits per heavy atom. The Kier molecular flexibility index (Phi) is 5.26. The van der Waals surface area contributed by atoms with E-state index in [4.69, 9.17) is 14.2 Å². The number of halogens is 1. The molecule has 1 saturated heterocycles. The second-order valence-corrected chi connectivity index (χ2v) is 7.33. The fourth-order valence-corrected chi connectivity index (χ4v) is 3.94. The number of benzene rings is 2. The molecule has 0 unspecified atom stereocenters. The lowest BCUT2D eigenvalue weighted by Crippen LogP contribution is -2.43. The molecule has 2 aliphatic heterocycles. The van der Waals surface area contributed by atoms with Gasteiger partial charge in [-0.25, -0.2) is 9.18 Å². The highest BCUT2D eigenvalue weighted by molar-refractivity contribution is 6.01. The van der Waals surface area contributed by atoms with Crippen molar-refractivity contribution in [2.75, 3.05) is 19.5 Å². The largest absolute Gasteiger partial charge is 0.493 e. The summed E-state index contributed by atoms with van der Waals surface area (Å²) in [6, 6.07) is 6.70. The molecule has 1 N–H and O–H groups in total. The Morgan fingerprint density at radius 3 is 2.65 bits per heavy atom. The van der Waals surface area contributed by atoms with E-state index in [1.54, 1.807) is 31.2 Å². The van der Waals surface area contributed by atoms with Gasteiger partial charge in [-0.05, 0) is 43.2 Å². The molecule has 0 radical (unpaired) electrons. The Morgan fingerprint density at radius 1 is 1.19 bits per heavy atom. The van der Waals surface area contributed by atoms with Gasteiger partial charge in [0.05, 0.1) is 14.2 Å². The van der Waals surface area contributed by atoms with Crippen molar-refractivity contribution >= 4 is 23.5 Å². The lowest BCUT2D eigenvalue weighted by Gasteiger charge is -2.29. The number of nitrogens with one attached hydrogen (secondary N) is 1. The number of rotatable bonds is 5. The van der Waals surface area contributed by atoms with Crippen LogP contribution in [0.4, 0.5) is 10.1 Å². The number of likely N-dealkylation sites (tertiary alicyclic amines) is 1. The highest BCUT2D eigenvalue weighted by Gasteiger charge is 2.47. The molecule has 2 amide bonds. The van der Waals surface area contributed by atoms with E-state index in [0.29, 0.717) is 16.9 Å². The minimum absolute atomic E-state index is 0.122. The van der Waals surface area contributed by atoms with Gasteiger partial charge in [-0.2, -0.15) is 0 Å². The van der Waals surface area contributed by atoms with Crippen LogP contribution in [0.1, 0.15) is 40.6 Å². The van der Waals surface area contributed by atoms with Gasteiger partial charge in [0.2, 0.25) is 18.0 Å². The van der Waals surface area contributed by atoms with Crippen molar-refractivity contribution in [1.82, 2.24) is 4.90 Å². The number of aryl methyl sites for hydroxylation is 1. The van der Waals surface area contributed by atoms with Gasteiger partial charge in [0.1, 0.15) is 17.4 Å². The molecule has 2 atom stereocenters. The Bertz CT molecular complexity index is 1090. The lowest BCUT2D eigenvalue weighted by molar-refractivity contribution is -0.144. The first kappa shape index (κ1) is 20.6. The third-order valence-electron chi connectivity index (χ3n) is 5.52. The molecular weight excluding hydrogens is 407 g/mol. The van der Waals surface area contributed by atoms with Crippen LogP contribution in [-0.4, -0.2) is 42.9 Å². The summed E-state index contributed by atoms with van der Waals surface area (Å²) in [4.78, 5) is 39.4. The lowest BCUT2D eigenvalue weighted by atomic mass is 10.0. The van der Waals surface area contributed by atoms with Crippen LogP contribution in [0, 0.1) is 12.7 Å². The maximum absolute atomic E-state index is 13.8. The zero-order valence-electron chi connectivity index (χ0n) is 17.2. The predicted octanol–water partition coefficient (Wildman–Crippen LogP) is 2.95. The highest BCUT2D eigenvalue weighted by atomic mass is 19.1. The van der Waals surface area contributed by atoms with Gasteiger partial charge in [-0.15, -0.1) is 0 Å². The Balaban J connectivity index is 1.64. The molecule has 2 heterocycles. The number of fused-ring (bicyclic) bond motifs is 1. The van der Waals surface area contributed by atoms with Crippen molar-refractivity contribution in [1.29, 1.82) is 0 Å². The van der Waals surface area contributed by atoms with E-state index in [2.05, 4.69) is 5.32 Å². The number of anilines is 1. The number of ether oxygens (including phenoxy) is 3. The number of hydrogen-bond donors (Lipinski definition) is 1. The van der Waals surface area contributed by atoms with Crippen molar-refractivity contribution in [3.05, 3.63) is 52.8 Å². The van der Waals surface area contributed by atoms with Crippen LogP contribution < -0.4 is 14.8 Å². The molecule has 0 bridgehead atoms. The van der Waals surface area contributed by atoms with Crippen LogP contribution in [0.5, 0.6) is 11.5 Å². The molecule has 4 rings (SSSR count). The molecule has 0 aromatic heterocycles. The van der Waals surface area contributed by atoms with E-state index in [0.717, 1.165) is 0 Å². The SMILES string of the molecule is COc1ccc2c(c1OC)C(=O)O[C@H]2N1C(=O)CC[C@H]1C(=O)Nc1ccc(C)c(F)c1. The highest BCUT2D eigenvalue weighted by Crippen LogP contribution is 2.45. The van der Waals surface area contributed by atoms with E-state index in [1.807, 2.05) is 0 Å². The van der Waals surface area contributed by atoms with Crippen LogP contribution >= 0.6 is 0 Å². The van der Waals surface area contributed by atoms with Crippen molar-refractivity contribution in [3.8, 4) is 11.5 Å². The topological polar surface area (TPSA) is 94.2 Å². The van der Waals surface area contributed by atoms with Crippen LogP contribution in [-0.2, 0) is 14.3 Å². The van der Waals surface area contributed by atoms with Gasteiger partial charge in [0.25, 0.3) is 0 Å². The number of hydrogen-bond acceptors (Lipinski definition) is 6. The molecule has 162 valence electrons. The first-order valence-electron chi connectivity index (χ1n) is 9.69. The molecule has 9 heteroatoms. The van der Waals surface area contributed by atoms with Crippen LogP contribution in [0.3, 0.4) is 0 Å². The molecule has 0 saturated carbocycles. The second-order valence-electron chi connectivity index (χ2n) is 7.33. The number of methoxy groups -OCH3 is 2. The molecule has 8 nitrogen and oxygen atoms in total. The third-order valence-corrected chi connectivity index (χ3v) is 5.52. The molecule has 0 aliphatic carbocycles. The fraction of sp³-hybridized carbons (Fsp3) is 0.318. The molecule has 2 aliphatic rings. The van der Waals surface area contributed by atoms with Gasteiger partial charge >= 0.3 is 5.97 Å². The van der Waals surface area contributed by atoms with Crippen molar-refractivity contribution < 1.29 is 33.0 Å². The van der Waals surface area contributed by atoms with Gasteiger partial charge in [-0.3, -0.25) is 14.5 Å². The number of nitrogens with zero attached hydrogens (tertiary/aromatic N) is 1. The summed E-state index contributed by atoms with van der Waals surface area (Å²) in [5.41, 5.74) is 1.31. The number of carbonyl (C=O) groups is 3. The molecule has 2 aromatic rings. The summed E-state index contributed by atoms with van der Waals surface area (Å²) < 4.78 is 29.9. The fourth-order valence-electron chi connectivity index (χ4n) is 3.94. The second kappa shape index (κ2) is 7.90. The zero-order valence-corrected chi connectivity index (χ0v) is 17.2. The van der Waals surface area contributed by atoms with E-state index in [1.165, 1.54) is 25.2 Å². The Hall–Kier alpha value is -3.62. The van der Waals surface area contributed by atoms with E-state index < -0.39 is 30.0 Å². The maximum atomic E-state index is 13.8. The summed E-state index contributed by atoms with van der Waals surface area (Å²) in [6.07, 6.45) is -0.699. The monoisotopic (exact) mass is 428 g/mol. The molecule has 1 fully saturated rings. The summed E-state index contributed by atoms with van der Waals surface area (Å²) in [5, 5.41) is 2.64. The average Bonchev–Trinajstić information content (AvgIpc) is 3.29. The number of esters is 1. The van der Waals surface area contributed by atoms with Gasteiger partial charge < -0.3 is 19.5 Å². The van der Waals surface area contributed by atoms with Crippen LogP contribution in [0.15, 0.2) is 30.3 Å². The summed E-state index contributed by atoms with van der Waals surface area (Å²) in [7, 11) is 2.84. The van der Waals surface area contributed by atoms with Gasteiger partial charge in [0, 0.05) is 17.7 Å². The first-order chi connectivity index (χ1) is 14.8. The van der Waals surface area contributed by atoms with Crippen molar-refractivity contribution in [2.45, 2.75) is 32.0 Å². The minimum atomic E-state index is -1.07. The predicted molar refractivity (Wildman–Crippen MR) is 107 cm³/mol. The third kappa shape index (κ3) is 3.45. The average molecular weight is 428 g/mol. The van der Waals surface area contributed by atoms with E-state index >= 15 is 0 Å². The normalized spacial score (nSPS) is 19.8. The van der Waals surface area contributed by atoms with Gasteiger partial charge in [0.15, 0.2) is 11.5 Å². The summed E-state index contributed by atoms with van der Waals surface area (Å²) >= 11 is 0. The minimum Gasteiger partial charge on any atom is -0.493 e. The van der Waals surface area contributed by atoms with E-state index in [-0.39, 0.29) is 35.7 Å². The summed E-state index contributed by atoms with van der Waals surface area (Å²) in [5.74, 6) is -1.38. The molecule has 31 heavy (non-hydrogen) atoms. The quantitative estimate of drug-likeness (QED) is 0.736. The maximum Gasteiger partial charge on any atom is 0.344 e. The van der Waals surface area contributed by atoms with Crippen LogP contribution in [0.2, 0.25) is 0 Å². The number of cyclic esters (lactones) is 1. The van der Waals surface area contributed by atoms with Crippen molar-refractivity contribution in [3.63, 3.8) is 0 Å². The van der Waals surface area contributed by atoms with Crippen molar-refractivity contribution in [2.24, 2.45) is 0 Å². The molecular formula is C22H21FN2O6. The summed E-state index contributed by atoms with van der Waals surface area (Å²) in [6.45, 7) is 1.62. The number of carbonyl (C=O) groups excluding carboxylic acids is 3. The van der Waals surface area contributed by atoms with E-state index in [9.17, 15) is 18.8 Å². The number of amides is 2. The van der Waals surface area contributed by atoms with Crippen LogP contribution in [0.25, 0.3) is 0 Å². The zero-order chi connectivity index (χ0) is 22.3. The molecule has 0 spiro atoms. The first-order valence-corrected chi connectivity index (χ1v) is 9.69. The smallest absolute Gasteiger partial charge is 0.344 e. The Labute approximate surface area is 177 Å². The standard InChI is InChI=1S/C22H21FN2O6/c1-11-4-5-12(10-14(11)23)24-20(27)15-7-9-17(26)25(15)21-13-6-8-16(29-2)19(30-3)18(13)22(28)31-21/h4-6,8,10,15,21H,7,9H2,1-3H3,(H,24,27)/t15-,21+/m0/s1.